The molecule has 0 aromatic heterocycles. The van der Waals surface area contributed by atoms with Crippen LogP contribution in [-0.2, 0) is 24.2 Å². The normalized spacial score (nSPS) is 14.7. The van der Waals surface area contributed by atoms with Crippen LogP contribution >= 0.6 is 0 Å². The first-order valence-corrected chi connectivity index (χ1v) is 12.5. The molecule has 0 unspecified atom stereocenters. The molecule has 0 aliphatic carbocycles. The molecule has 0 atom stereocenters. The lowest BCUT2D eigenvalue weighted by atomic mass is 9.90. The summed E-state index contributed by atoms with van der Waals surface area (Å²) in [5, 5.41) is 9.92. The fourth-order valence-electron chi connectivity index (χ4n) is 4.60. The zero-order chi connectivity index (χ0) is 25.3. The number of phenols is 1. The van der Waals surface area contributed by atoms with E-state index < -0.39 is 0 Å². The van der Waals surface area contributed by atoms with E-state index in [-0.39, 0.29) is 18.0 Å². The molecular formula is C31H35NO4. The van der Waals surface area contributed by atoms with E-state index in [1.54, 1.807) is 30.4 Å². The van der Waals surface area contributed by atoms with Crippen molar-refractivity contribution in [3.63, 3.8) is 0 Å². The van der Waals surface area contributed by atoms with E-state index in [0.29, 0.717) is 12.4 Å². The molecule has 0 amide bonds. The third-order valence-corrected chi connectivity index (χ3v) is 6.83. The van der Waals surface area contributed by atoms with Gasteiger partial charge >= 0.3 is 0 Å². The first-order valence-electron chi connectivity index (χ1n) is 12.5. The maximum Gasteiger partial charge on any atom is 0.160 e. The number of piperidine rings is 1. The van der Waals surface area contributed by atoms with Crippen LogP contribution < -0.4 is 9.47 Å². The number of phenolic OH excluding ortho intramolecular Hbond substituents is 1. The molecule has 188 valence electrons. The Hall–Kier alpha value is -3.57. The van der Waals surface area contributed by atoms with E-state index in [2.05, 4.69) is 24.1 Å². The molecule has 5 heteroatoms. The topological polar surface area (TPSA) is 59.0 Å². The summed E-state index contributed by atoms with van der Waals surface area (Å²) in [5.41, 5.74) is 4.04. The Kier molecular flexibility index (Phi) is 8.80. The molecule has 1 saturated heterocycles. The van der Waals surface area contributed by atoms with Gasteiger partial charge in [-0.3, -0.25) is 4.79 Å². The summed E-state index contributed by atoms with van der Waals surface area (Å²) in [6.07, 6.45) is 7.19. The number of ether oxygens (including phenoxy) is 2. The Morgan fingerprint density at radius 3 is 2.44 bits per heavy atom. The summed E-state index contributed by atoms with van der Waals surface area (Å²) < 4.78 is 11.1. The van der Waals surface area contributed by atoms with E-state index in [4.69, 9.17) is 9.47 Å². The lowest BCUT2D eigenvalue weighted by molar-refractivity contribution is -0.113. The summed E-state index contributed by atoms with van der Waals surface area (Å²) in [7, 11) is 3.70. The highest BCUT2D eigenvalue weighted by Gasteiger charge is 2.17. The lowest BCUT2D eigenvalue weighted by Crippen LogP contribution is -2.30. The molecule has 1 N–H and O–H groups in total. The maximum atomic E-state index is 12.6. The Morgan fingerprint density at radius 1 is 1.03 bits per heavy atom. The third-order valence-electron chi connectivity index (χ3n) is 6.83. The third kappa shape index (κ3) is 7.22. The number of methoxy groups -OCH3 is 1. The number of nitrogens with zero attached hydrogens (tertiary/aromatic N) is 1. The van der Waals surface area contributed by atoms with Crippen molar-refractivity contribution in [3.8, 4) is 17.2 Å². The molecule has 0 radical (unpaired) electrons. The second-order valence-corrected chi connectivity index (χ2v) is 9.56. The molecular weight excluding hydrogens is 450 g/mol. The number of carbonyl (C=O) groups is 1. The van der Waals surface area contributed by atoms with Gasteiger partial charge in [0.2, 0.25) is 0 Å². The number of hydrogen-bond donors (Lipinski definition) is 1. The van der Waals surface area contributed by atoms with Crippen LogP contribution in [0.2, 0.25) is 0 Å². The van der Waals surface area contributed by atoms with Gasteiger partial charge in [0, 0.05) is 6.42 Å². The van der Waals surface area contributed by atoms with E-state index in [9.17, 15) is 9.90 Å². The second-order valence-electron chi connectivity index (χ2n) is 9.56. The minimum atomic E-state index is -0.0176. The number of carbonyl (C=O) groups excluding carboxylic acids is 1. The number of aromatic hydroxyl groups is 1. The van der Waals surface area contributed by atoms with Gasteiger partial charge in [0.15, 0.2) is 17.3 Å². The quantitative estimate of drug-likeness (QED) is 0.374. The number of rotatable bonds is 10. The van der Waals surface area contributed by atoms with Crippen LogP contribution in [-0.4, -0.2) is 43.0 Å². The summed E-state index contributed by atoms with van der Waals surface area (Å²) >= 11 is 0. The Labute approximate surface area is 214 Å². The molecule has 1 heterocycles. The zero-order valence-electron chi connectivity index (χ0n) is 21.2. The fourth-order valence-corrected chi connectivity index (χ4v) is 4.60. The predicted octanol–water partition coefficient (Wildman–Crippen LogP) is 5.69. The first kappa shape index (κ1) is 25.5. The standard InChI is InChI=1S/C31H35NO4/c1-32-17-15-25(16-18-32)19-23-8-12-29(13-9-23)36-22-27-6-4-3-5-26(27)21-28(33)11-7-24-10-14-31(35-2)30(34)20-24/h3-14,20,25,34H,15-19,21-22H2,1-2H3/b11-7+. The molecule has 0 saturated carbocycles. The fraction of sp³-hybridized carbons (Fsp3) is 0.323. The SMILES string of the molecule is COc1ccc(/C=C/C(=O)Cc2ccccc2COc2ccc(CC3CCN(C)CC3)cc2)cc1O. The molecule has 0 spiro atoms. The average molecular weight is 486 g/mol. The van der Waals surface area contributed by atoms with Crippen molar-refractivity contribution in [1.82, 2.24) is 4.90 Å². The predicted molar refractivity (Wildman–Crippen MR) is 144 cm³/mol. The Balaban J connectivity index is 1.31. The molecule has 0 bridgehead atoms. The Bertz CT molecular complexity index is 1180. The second kappa shape index (κ2) is 12.4. The first-order chi connectivity index (χ1) is 17.5. The van der Waals surface area contributed by atoms with Crippen LogP contribution in [0.5, 0.6) is 17.2 Å². The number of benzene rings is 3. The molecule has 3 aromatic rings. The van der Waals surface area contributed by atoms with E-state index >= 15 is 0 Å². The van der Waals surface area contributed by atoms with Gasteiger partial charge in [0.1, 0.15) is 12.4 Å². The van der Waals surface area contributed by atoms with Crippen LogP contribution in [0.4, 0.5) is 0 Å². The van der Waals surface area contributed by atoms with Crippen molar-refractivity contribution in [2.24, 2.45) is 5.92 Å². The number of likely N-dealkylation sites (tertiary alicyclic amines) is 1. The average Bonchev–Trinajstić information content (AvgIpc) is 2.89. The molecule has 3 aromatic carbocycles. The van der Waals surface area contributed by atoms with Crippen molar-refractivity contribution >= 4 is 11.9 Å². The number of ketones is 1. The number of hydrogen-bond acceptors (Lipinski definition) is 5. The van der Waals surface area contributed by atoms with E-state index in [1.807, 2.05) is 36.4 Å². The van der Waals surface area contributed by atoms with Crippen molar-refractivity contribution in [2.75, 3.05) is 27.2 Å². The summed E-state index contributed by atoms with van der Waals surface area (Å²) in [4.78, 5) is 15.0. The van der Waals surface area contributed by atoms with Gasteiger partial charge in [0.25, 0.3) is 0 Å². The minimum absolute atomic E-state index is 0.0176. The highest BCUT2D eigenvalue weighted by molar-refractivity contribution is 5.95. The highest BCUT2D eigenvalue weighted by atomic mass is 16.5. The summed E-state index contributed by atoms with van der Waals surface area (Å²) in [6.45, 7) is 2.79. The van der Waals surface area contributed by atoms with Crippen LogP contribution in [0.15, 0.2) is 72.8 Å². The van der Waals surface area contributed by atoms with E-state index in [0.717, 1.165) is 34.8 Å². The van der Waals surface area contributed by atoms with Crippen molar-refractivity contribution in [2.45, 2.75) is 32.3 Å². The molecule has 1 fully saturated rings. The minimum Gasteiger partial charge on any atom is -0.504 e. The summed E-state index contributed by atoms with van der Waals surface area (Å²) in [6, 6.07) is 21.4. The molecule has 1 aliphatic rings. The highest BCUT2D eigenvalue weighted by Crippen LogP contribution is 2.27. The molecule has 5 nitrogen and oxygen atoms in total. The monoisotopic (exact) mass is 485 g/mol. The Morgan fingerprint density at radius 2 is 1.75 bits per heavy atom. The van der Waals surface area contributed by atoms with Crippen LogP contribution in [0.25, 0.3) is 6.08 Å². The van der Waals surface area contributed by atoms with Crippen LogP contribution in [0.1, 0.15) is 35.1 Å². The van der Waals surface area contributed by atoms with Crippen molar-refractivity contribution in [1.29, 1.82) is 0 Å². The lowest BCUT2D eigenvalue weighted by Gasteiger charge is -2.28. The molecule has 36 heavy (non-hydrogen) atoms. The van der Waals surface area contributed by atoms with Crippen molar-refractivity contribution < 1.29 is 19.4 Å². The van der Waals surface area contributed by atoms with Gasteiger partial charge in [-0.15, -0.1) is 0 Å². The molecule has 4 rings (SSSR count). The summed E-state index contributed by atoms with van der Waals surface area (Å²) in [5.74, 6) is 2.03. The maximum absolute atomic E-state index is 12.6. The van der Waals surface area contributed by atoms with E-state index in [1.165, 1.54) is 38.6 Å². The van der Waals surface area contributed by atoms with Crippen molar-refractivity contribution in [3.05, 3.63) is 95.1 Å². The molecule has 1 aliphatic heterocycles. The van der Waals surface area contributed by atoms with Gasteiger partial charge in [-0.25, -0.2) is 0 Å². The smallest absolute Gasteiger partial charge is 0.160 e. The van der Waals surface area contributed by atoms with Gasteiger partial charge < -0.3 is 19.5 Å². The van der Waals surface area contributed by atoms with Crippen LogP contribution in [0, 0.1) is 5.92 Å². The zero-order valence-corrected chi connectivity index (χ0v) is 21.2. The van der Waals surface area contributed by atoms with Gasteiger partial charge in [0.05, 0.1) is 7.11 Å². The van der Waals surface area contributed by atoms with Crippen LogP contribution in [0.3, 0.4) is 0 Å². The largest absolute Gasteiger partial charge is 0.504 e. The number of allylic oxidation sites excluding steroid dienone is 1. The van der Waals surface area contributed by atoms with Gasteiger partial charge in [-0.05, 0) is 97.9 Å². The van der Waals surface area contributed by atoms with Gasteiger partial charge in [-0.1, -0.05) is 48.5 Å². The van der Waals surface area contributed by atoms with Gasteiger partial charge in [-0.2, -0.15) is 0 Å².